The van der Waals surface area contributed by atoms with Gasteiger partial charge in [-0.1, -0.05) is 220 Å². The maximum Gasteiger partial charge on any atom is 0.512 e. The number of unbranched alkanes of at least 4 members (excludes halogenated alkanes) is 29. The van der Waals surface area contributed by atoms with Gasteiger partial charge in [-0.05, 0) is 38.0 Å². The Labute approximate surface area is 461 Å². The first kappa shape index (κ1) is 67.8. The van der Waals surface area contributed by atoms with E-state index in [9.17, 15) is 19.2 Å². The van der Waals surface area contributed by atoms with Crippen LogP contribution in [0.4, 0.5) is 4.79 Å². The summed E-state index contributed by atoms with van der Waals surface area (Å²) in [5.74, 6) is -0.349. The maximum absolute atomic E-state index is 13.0. The molecule has 3 unspecified atom stereocenters. The van der Waals surface area contributed by atoms with Crippen molar-refractivity contribution in [2.45, 2.75) is 291 Å². The third kappa shape index (κ3) is 35.7. The van der Waals surface area contributed by atoms with E-state index in [2.05, 4.69) is 42.6 Å². The number of likely N-dealkylation sites (N-methyl/N-ethyl adjacent to an activating group) is 1. The maximum atomic E-state index is 13.0. The molecular formula is C61H110N3O10S+. The van der Waals surface area contributed by atoms with Crippen LogP contribution in [0.1, 0.15) is 284 Å². The Morgan fingerprint density at radius 3 is 1.47 bits per heavy atom. The molecule has 2 rings (SSSR count). The summed E-state index contributed by atoms with van der Waals surface area (Å²) in [5.41, 5.74) is 1.84. The average molecular weight is 1080 g/mol. The minimum atomic E-state index is -0.853. The van der Waals surface area contributed by atoms with Crippen molar-refractivity contribution in [2.75, 3.05) is 46.6 Å². The van der Waals surface area contributed by atoms with Gasteiger partial charge in [-0.2, -0.15) is 4.37 Å². The summed E-state index contributed by atoms with van der Waals surface area (Å²) in [6, 6.07) is 0. The van der Waals surface area contributed by atoms with Crippen molar-refractivity contribution >= 4 is 41.4 Å². The van der Waals surface area contributed by atoms with E-state index in [1.54, 1.807) is 0 Å². The number of carbonyl (C=O) groups excluding carboxylic acids is 4. The predicted molar refractivity (Wildman–Crippen MR) is 305 cm³/mol. The van der Waals surface area contributed by atoms with E-state index in [0.29, 0.717) is 42.8 Å². The van der Waals surface area contributed by atoms with Crippen LogP contribution in [-0.4, -0.2) is 96.2 Å². The first-order valence-electron chi connectivity index (χ1n) is 30.8. The minimum Gasteiger partial charge on any atom is -0.475 e. The Balaban J connectivity index is 1.70. The molecule has 14 heteroatoms. The van der Waals surface area contributed by atoms with Crippen LogP contribution in [0.15, 0.2) is 6.08 Å². The second kappa shape index (κ2) is 45.7. The summed E-state index contributed by atoms with van der Waals surface area (Å²) in [5, 5.41) is 0. The number of nitrogens with zero attached hydrogens (tertiary/aromatic N) is 3. The van der Waals surface area contributed by atoms with Gasteiger partial charge in [0.1, 0.15) is 25.5 Å². The van der Waals surface area contributed by atoms with Crippen molar-refractivity contribution < 1.29 is 52.1 Å². The fourth-order valence-electron chi connectivity index (χ4n) is 9.70. The molecule has 1 aromatic heterocycles. The van der Waals surface area contributed by atoms with Crippen molar-refractivity contribution in [1.82, 2.24) is 8.75 Å². The average Bonchev–Trinajstić information content (AvgIpc) is 3.87. The van der Waals surface area contributed by atoms with Crippen LogP contribution in [0.3, 0.4) is 0 Å². The highest BCUT2D eigenvalue weighted by molar-refractivity contribution is 6.99. The molecule has 0 amide bonds. The molecular weight excluding hydrogens is 967 g/mol. The van der Waals surface area contributed by atoms with E-state index in [1.807, 2.05) is 13.8 Å². The Kier molecular flexibility index (Phi) is 41.4. The summed E-state index contributed by atoms with van der Waals surface area (Å²) in [4.78, 5) is 51.3. The number of hydrogen-bond donors (Lipinski definition) is 0. The molecule has 2 heterocycles. The van der Waals surface area contributed by atoms with Crippen molar-refractivity contribution in [3.63, 3.8) is 0 Å². The smallest absolute Gasteiger partial charge is 0.475 e. The van der Waals surface area contributed by atoms with E-state index < -0.39 is 24.5 Å². The second-order valence-electron chi connectivity index (χ2n) is 22.2. The van der Waals surface area contributed by atoms with Gasteiger partial charge in [0.15, 0.2) is 6.10 Å². The summed E-state index contributed by atoms with van der Waals surface area (Å²) in [6.07, 6.45) is 41.5. The molecule has 3 atom stereocenters. The Bertz CT molecular complexity index is 1580. The molecule has 0 radical (unpaired) electrons. The molecule has 0 saturated heterocycles. The van der Waals surface area contributed by atoms with Gasteiger partial charge >= 0.3 is 24.1 Å². The first-order valence-corrected chi connectivity index (χ1v) is 31.6. The lowest BCUT2D eigenvalue weighted by atomic mass is 10.0. The van der Waals surface area contributed by atoms with Crippen molar-refractivity contribution in [3.8, 4) is 5.88 Å². The molecule has 1 aromatic rings. The molecule has 1 aliphatic rings. The fourth-order valence-corrected chi connectivity index (χ4v) is 10.2. The fraction of sp³-hybridized carbons (Fsp3) is 0.869. The van der Waals surface area contributed by atoms with Crippen LogP contribution in [0, 0.1) is 5.92 Å². The number of esters is 3. The SMILES string of the molecule is CCCCCCCCCCCCCCCC(=O)OCC(COC(=O)CCCCCCCCCCCCCCC)OC(=O)CCCCCC(C)COC(=O)OC(C)[N+]1(C)CCC=C(c2nsnc2OCCCCCC)C1. The lowest BCUT2D eigenvalue weighted by Gasteiger charge is -2.41. The monoisotopic (exact) mass is 1080 g/mol. The Morgan fingerprint density at radius 2 is 0.973 bits per heavy atom. The van der Waals surface area contributed by atoms with Crippen molar-refractivity contribution in [2.24, 2.45) is 5.92 Å². The zero-order chi connectivity index (χ0) is 54.5. The number of carbonyl (C=O) groups is 4. The molecule has 13 nitrogen and oxygen atoms in total. The summed E-state index contributed by atoms with van der Waals surface area (Å²) in [6.45, 7) is 12.7. The van der Waals surface area contributed by atoms with Gasteiger partial charge in [-0.25, -0.2) is 4.79 Å². The number of aromatic nitrogens is 2. The zero-order valence-corrected chi connectivity index (χ0v) is 49.6. The van der Waals surface area contributed by atoms with E-state index >= 15 is 0 Å². The Morgan fingerprint density at radius 1 is 0.533 bits per heavy atom. The minimum absolute atomic E-state index is 0.111. The standard InChI is InChI=1S/C61H110N3O10S/c1-7-10-13-16-18-20-22-24-26-28-30-32-36-43-56(65)70-50-55(51-71-57(66)44-37-33-31-29-27-25-23-21-19-17-14-11-8-2)74-58(67)45-38-34-35-41-52(4)49-72-61(68)73-53(5)64(6)46-40-42-54(48-64)59-60(63-75-62-59)69-47-39-15-12-9-3/h42,52-53,55H,7-41,43-51H2,1-6H3/q+1. The largest absolute Gasteiger partial charge is 0.512 e. The molecule has 0 spiro atoms. The molecule has 0 bridgehead atoms. The number of hydrogen-bond acceptors (Lipinski definition) is 13. The van der Waals surface area contributed by atoms with E-state index in [4.69, 9.17) is 28.4 Å². The Hall–Kier alpha value is -3.26. The summed E-state index contributed by atoms with van der Waals surface area (Å²) >= 11 is 1.16. The van der Waals surface area contributed by atoms with Gasteiger partial charge in [0.2, 0.25) is 6.23 Å². The molecule has 0 fully saturated rings. The van der Waals surface area contributed by atoms with E-state index in [0.717, 1.165) is 107 Å². The van der Waals surface area contributed by atoms with Gasteiger partial charge in [-0.15, -0.1) is 4.37 Å². The van der Waals surface area contributed by atoms with Crippen molar-refractivity contribution in [3.05, 3.63) is 11.8 Å². The van der Waals surface area contributed by atoms with Crippen LogP contribution in [0.25, 0.3) is 5.57 Å². The van der Waals surface area contributed by atoms with Gasteiger partial charge in [-0.3, -0.25) is 18.9 Å². The van der Waals surface area contributed by atoms with Crippen LogP contribution in [0.5, 0.6) is 5.88 Å². The second-order valence-corrected chi connectivity index (χ2v) is 22.7. The zero-order valence-electron chi connectivity index (χ0n) is 48.8. The highest BCUT2D eigenvalue weighted by Crippen LogP contribution is 2.32. The molecule has 1 aliphatic heterocycles. The third-order valence-corrected chi connectivity index (χ3v) is 15.4. The molecule has 434 valence electrons. The number of ether oxygens (including phenoxy) is 6. The molecule has 0 aliphatic carbocycles. The van der Waals surface area contributed by atoms with Gasteiger partial charge < -0.3 is 28.4 Å². The first-order chi connectivity index (χ1) is 36.5. The lowest BCUT2D eigenvalue weighted by molar-refractivity contribution is -0.944. The quantitative estimate of drug-likeness (QED) is 0.0264. The van der Waals surface area contributed by atoms with Gasteiger partial charge in [0, 0.05) is 38.2 Å². The van der Waals surface area contributed by atoms with Crippen LogP contribution < -0.4 is 4.74 Å². The third-order valence-electron chi connectivity index (χ3n) is 14.9. The van der Waals surface area contributed by atoms with Crippen molar-refractivity contribution in [1.29, 1.82) is 0 Å². The molecule has 0 aromatic carbocycles. The molecule has 0 N–H and O–H groups in total. The number of quaternary nitrogens is 1. The number of rotatable bonds is 50. The van der Waals surface area contributed by atoms with Gasteiger partial charge in [0.05, 0.1) is 38.5 Å². The van der Waals surface area contributed by atoms with Crippen LogP contribution in [-0.2, 0) is 38.1 Å². The lowest BCUT2D eigenvalue weighted by Crippen LogP contribution is -2.55. The highest BCUT2D eigenvalue weighted by Gasteiger charge is 2.37. The van der Waals surface area contributed by atoms with Gasteiger partial charge in [0.25, 0.3) is 5.88 Å². The topological polar surface area (TPSA) is 149 Å². The molecule has 75 heavy (non-hydrogen) atoms. The van der Waals surface area contributed by atoms with Crippen LogP contribution >= 0.6 is 11.7 Å². The predicted octanol–water partition coefficient (Wildman–Crippen LogP) is 16.8. The van der Waals surface area contributed by atoms with E-state index in [1.165, 1.54) is 141 Å². The normalized spacial score (nSPS) is 15.3. The molecule has 0 saturated carbocycles. The summed E-state index contributed by atoms with van der Waals surface area (Å²) in [7, 11) is 2.09. The van der Waals surface area contributed by atoms with E-state index in [-0.39, 0.29) is 44.1 Å². The van der Waals surface area contributed by atoms with Crippen LogP contribution in [0.2, 0.25) is 0 Å². The highest BCUT2D eigenvalue weighted by atomic mass is 32.1. The summed E-state index contributed by atoms with van der Waals surface area (Å²) < 4.78 is 43.8.